The van der Waals surface area contributed by atoms with Crippen molar-refractivity contribution in [3.8, 4) is 0 Å². The number of carbonyl (C=O) groups is 1. The van der Waals surface area contributed by atoms with E-state index in [1.54, 1.807) is 0 Å². The maximum atomic E-state index is 11.6. The van der Waals surface area contributed by atoms with Crippen LogP contribution in [0.5, 0.6) is 0 Å². The van der Waals surface area contributed by atoms with Crippen molar-refractivity contribution in [3.05, 3.63) is 29.8 Å². The molecule has 0 amide bonds. The predicted molar refractivity (Wildman–Crippen MR) is 66.2 cm³/mol. The minimum absolute atomic E-state index is 0.0567. The Morgan fingerprint density at radius 2 is 2.06 bits per heavy atom. The number of unbranched alkanes of at least 4 members (excludes halogenated alkanes) is 1. The number of hydrogen-bond acceptors (Lipinski definition) is 5. The molecule has 5 nitrogen and oxygen atoms in total. The van der Waals surface area contributed by atoms with Gasteiger partial charge in [0.2, 0.25) is 0 Å². The summed E-state index contributed by atoms with van der Waals surface area (Å²) in [6.45, 7) is 0.267. The van der Waals surface area contributed by atoms with Gasteiger partial charge >= 0.3 is 5.97 Å². The van der Waals surface area contributed by atoms with E-state index >= 15 is 0 Å². The molecule has 6 heteroatoms. The van der Waals surface area contributed by atoms with E-state index < -0.39 is 15.8 Å². The number of aliphatic hydroxyl groups excluding tert-OH is 1. The van der Waals surface area contributed by atoms with Crippen LogP contribution in [-0.4, -0.2) is 39.0 Å². The fourth-order valence-electron chi connectivity index (χ4n) is 1.32. The number of esters is 1. The summed E-state index contributed by atoms with van der Waals surface area (Å²) in [5.41, 5.74) is 0.210. The van der Waals surface area contributed by atoms with Crippen LogP contribution in [0, 0.1) is 0 Å². The molecule has 0 spiro atoms. The summed E-state index contributed by atoms with van der Waals surface area (Å²) in [4.78, 5) is 11.7. The van der Waals surface area contributed by atoms with Crippen LogP contribution in [0.4, 0.5) is 0 Å². The van der Waals surface area contributed by atoms with Gasteiger partial charge in [-0.15, -0.1) is 0 Å². The summed E-state index contributed by atoms with van der Waals surface area (Å²) in [6, 6.07) is 5.73. The minimum atomic E-state index is -3.33. The van der Waals surface area contributed by atoms with Gasteiger partial charge in [0.1, 0.15) is 0 Å². The molecule has 0 saturated heterocycles. The SMILES string of the molecule is CS(=O)(=O)c1cccc(C(=O)OCCCCO)c1. The zero-order valence-corrected chi connectivity index (χ0v) is 10.9. The maximum absolute atomic E-state index is 11.6. The standard InChI is InChI=1S/C12H16O5S/c1-18(15,16)11-6-4-5-10(9-11)12(14)17-8-3-2-7-13/h4-6,9,13H,2-3,7-8H2,1H3. The maximum Gasteiger partial charge on any atom is 0.338 e. The first-order valence-corrected chi connectivity index (χ1v) is 7.42. The number of rotatable bonds is 6. The van der Waals surface area contributed by atoms with Gasteiger partial charge in [-0.2, -0.15) is 0 Å². The van der Waals surface area contributed by atoms with Crippen molar-refractivity contribution in [2.75, 3.05) is 19.5 Å². The lowest BCUT2D eigenvalue weighted by molar-refractivity contribution is 0.0492. The second-order valence-corrected chi connectivity index (χ2v) is 5.88. The van der Waals surface area contributed by atoms with Crippen LogP contribution >= 0.6 is 0 Å². The Morgan fingerprint density at radius 1 is 1.33 bits per heavy atom. The van der Waals surface area contributed by atoms with E-state index in [1.807, 2.05) is 0 Å². The zero-order valence-electron chi connectivity index (χ0n) is 10.1. The molecule has 0 saturated carbocycles. The molecule has 0 heterocycles. The molecule has 1 aromatic carbocycles. The lowest BCUT2D eigenvalue weighted by Crippen LogP contribution is -2.08. The molecule has 0 aliphatic rings. The van der Waals surface area contributed by atoms with E-state index in [1.165, 1.54) is 24.3 Å². The molecule has 0 fully saturated rings. The van der Waals surface area contributed by atoms with Crippen LogP contribution in [-0.2, 0) is 14.6 Å². The highest BCUT2D eigenvalue weighted by Crippen LogP contribution is 2.12. The van der Waals surface area contributed by atoms with E-state index in [0.717, 1.165) is 6.26 Å². The highest BCUT2D eigenvalue weighted by atomic mass is 32.2. The Labute approximate surface area is 106 Å². The summed E-state index contributed by atoms with van der Waals surface area (Å²) < 4.78 is 27.6. The molecule has 1 aromatic rings. The minimum Gasteiger partial charge on any atom is -0.462 e. The van der Waals surface area contributed by atoms with Gasteiger partial charge in [0.25, 0.3) is 0 Å². The number of aliphatic hydroxyl groups is 1. The van der Waals surface area contributed by atoms with E-state index in [4.69, 9.17) is 9.84 Å². The lowest BCUT2D eigenvalue weighted by Gasteiger charge is -2.05. The van der Waals surface area contributed by atoms with Gasteiger partial charge in [-0.25, -0.2) is 13.2 Å². The van der Waals surface area contributed by atoms with Crippen LogP contribution in [0.3, 0.4) is 0 Å². The van der Waals surface area contributed by atoms with Gasteiger partial charge in [-0.3, -0.25) is 0 Å². The largest absolute Gasteiger partial charge is 0.462 e. The van der Waals surface area contributed by atoms with Crippen molar-refractivity contribution in [1.82, 2.24) is 0 Å². The van der Waals surface area contributed by atoms with Crippen molar-refractivity contribution >= 4 is 15.8 Å². The van der Waals surface area contributed by atoms with Crippen molar-refractivity contribution < 1.29 is 23.1 Å². The topological polar surface area (TPSA) is 80.7 Å². The predicted octanol–water partition coefficient (Wildman–Crippen LogP) is 1.02. The zero-order chi connectivity index (χ0) is 13.6. The molecule has 0 unspecified atom stereocenters. The van der Waals surface area contributed by atoms with Crippen LogP contribution in [0.2, 0.25) is 0 Å². The third-order valence-corrected chi connectivity index (χ3v) is 3.39. The Balaban J connectivity index is 2.69. The summed E-state index contributed by atoms with van der Waals surface area (Å²) in [5, 5.41) is 8.57. The van der Waals surface area contributed by atoms with Crippen molar-refractivity contribution in [2.45, 2.75) is 17.7 Å². The summed E-state index contributed by atoms with van der Waals surface area (Å²) >= 11 is 0. The van der Waals surface area contributed by atoms with Gasteiger partial charge < -0.3 is 9.84 Å². The number of hydrogen-bond donors (Lipinski definition) is 1. The van der Waals surface area contributed by atoms with Gasteiger partial charge in [-0.05, 0) is 31.0 Å². The molecule has 1 N–H and O–H groups in total. The van der Waals surface area contributed by atoms with E-state index in [-0.39, 0.29) is 23.7 Å². The van der Waals surface area contributed by atoms with Crippen LogP contribution in [0.1, 0.15) is 23.2 Å². The average molecular weight is 272 g/mol. The average Bonchev–Trinajstić information content (AvgIpc) is 2.33. The molecular weight excluding hydrogens is 256 g/mol. The summed E-state index contributed by atoms with van der Waals surface area (Å²) in [7, 11) is -3.33. The molecule has 18 heavy (non-hydrogen) atoms. The summed E-state index contributed by atoms with van der Waals surface area (Å²) in [5.74, 6) is -0.557. The first kappa shape index (κ1) is 14.7. The Kier molecular flexibility index (Phi) is 5.30. The Bertz CT molecular complexity index is 507. The van der Waals surface area contributed by atoms with E-state index in [2.05, 4.69) is 0 Å². The first-order valence-electron chi connectivity index (χ1n) is 5.53. The number of carbonyl (C=O) groups excluding carboxylic acids is 1. The molecule has 0 bridgehead atoms. The molecule has 100 valence electrons. The molecule has 1 rings (SSSR count). The number of benzene rings is 1. The third kappa shape index (κ3) is 4.46. The molecular formula is C12H16O5S. The monoisotopic (exact) mass is 272 g/mol. The summed E-state index contributed by atoms with van der Waals surface area (Å²) in [6.07, 6.45) is 2.23. The van der Waals surface area contributed by atoms with E-state index in [9.17, 15) is 13.2 Å². The fourth-order valence-corrected chi connectivity index (χ4v) is 1.98. The van der Waals surface area contributed by atoms with Gasteiger partial charge in [0, 0.05) is 12.9 Å². The van der Waals surface area contributed by atoms with Crippen LogP contribution in [0.25, 0.3) is 0 Å². The van der Waals surface area contributed by atoms with E-state index in [0.29, 0.717) is 12.8 Å². The molecule has 0 aromatic heterocycles. The molecule has 0 aliphatic heterocycles. The fraction of sp³-hybridized carbons (Fsp3) is 0.417. The van der Waals surface area contributed by atoms with Gasteiger partial charge in [-0.1, -0.05) is 6.07 Å². The van der Waals surface area contributed by atoms with Crippen molar-refractivity contribution in [1.29, 1.82) is 0 Å². The molecule has 0 atom stereocenters. The molecule has 0 radical (unpaired) electrons. The Hall–Kier alpha value is -1.40. The highest BCUT2D eigenvalue weighted by molar-refractivity contribution is 7.90. The quantitative estimate of drug-likeness (QED) is 0.617. The lowest BCUT2D eigenvalue weighted by atomic mass is 10.2. The smallest absolute Gasteiger partial charge is 0.338 e. The Morgan fingerprint density at radius 3 is 2.67 bits per heavy atom. The number of ether oxygens (including phenoxy) is 1. The normalized spacial score (nSPS) is 11.2. The highest BCUT2D eigenvalue weighted by Gasteiger charge is 2.12. The second kappa shape index (κ2) is 6.51. The first-order chi connectivity index (χ1) is 8.45. The third-order valence-electron chi connectivity index (χ3n) is 2.28. The number of sulfone groups is 1. The van der Waals surface area contributed by atoms with Crippen LogP contribution < -0.4 is 0 Å². The van der Waals surface area contributed by atoms with Crippen molar-refractivity contribution in [3.63, 3.8) is 0 Å². The van der Waals surface area contributed by atoms with Gasteiger partial charge in [0.15, 0.2) is 9.84 Å². The van der Waals surface area contributed by atoms with Crippen molar-refractivity contribution in [2.24, 2.45) is 0 Å². The molecule has 0 aliphatic carbocycles. The second-order valence-electron chi connectivity index (χ2n) is 3.87. The van der Waals surface area contributed by atoms with Gasteiger partial charge in [0.05, 0.1) is 17.1 Å². The van der Waals surface area contributed by atoms with Crippen LogP contribution in [0.15, 0.2) is 29.2 Å².